The fraction of sp³-hybridized carbons (Fsp3) is 0.417. The van der Waals surface area contributed by atoms with Gasteiger partial charge in [-0.05, 0) is 24.1 Å². The third-order valence-corrected chi connectivity index (χ3v) is 2.77. The zero-order valence-electron chi connectivity index (χ0n) is 10.1. The highest BCUT2D eigenvalue weighted by Crippen LogP contribution is 2.33. The zero-order chi connectivity index (χ0) is 14.2. The Labute approximate surface area is 106 Å². The van der Waals surface area contributed by atoms with Crippen molar-refractivity contribution < 1.29 is 22.7 Å². The van der Waals surface area contributed by atoms with E-state index in [9.17, 15) is 18.0 Å². The summed E-state index contributed by atoms with van der Waals surface area (Å²) >= 11 is 0. The molecule has 0 aliphatic rings. The minimum atomic E-state index is -4.75. The Morgan fingerprint density at radius 1 is 1.42 bits per heavy atom. The smallest absolute Gasteiger partial charge is 0.408 e. The van der Waals surface area contributed by atoms with Crippen LogP contribution in [0.3, 0.4) is 0 Å². The van der Waals surface area contributed by atoms with Gasteiger partial charge in [-0.25, -0.2) is 4.79 Å². The van der Waals surface area contributed by atoms with E-state index < -0.39 is 18.0 Å². The predicted molar refractivity (Wildman–Crippen MR) is 61.8 cm³/mol. The maximum atomic E-state index is 12.4. The molecule has 0 saturated heterocycles. The summed E-state index contributed by atoms with van der Waals surface area (Å²) in [5, 5.41) is 9.14. The quantitative estimate of drug-likeness (QED) is 0.936. The van der Waals surface area contributed by atoms with E-state index in [1.807, 2.05) is 6.92 Å². The molecule has 2 aromatic rings. The topological polar surface area (TPSA) is 55.4 Å². The van der Waals surface area contributed by atoms with Crippen LogP contribution in [0.1, 0.15) is 25.0 Å². The van der Waals surface area contributed by atoms with Gasteiger partial charge in [0.1, 0.15) is 0 Å². The Bertz CT molecular complexity index is 642. The number of oxazole rings is 1. The molecular weight excluding hydrogens is 263 g/mol. The van der Waals surface area contributed by atoms with Crippen molar-refractivity contribution in [2.75, 3.05) is 0 Å². The molecule has 1 aromatic carbocycles. The van der Waals surface area contributed by atoms with E-state index in [1.54, 1.807) is 0 Å². The first-order valence-corrected chi connectivity index (χ1v) is 5.72. The van der Waals surface area contributed by atoms with Crippen LogP contribution < -0.4 is 5.76 Å². The van der Waals surface area contributed by atoms with E-state index in [-0.39, 0.29) is 11.1 Å². The molecule has 19 heavy (non-hydrogen) atoms. The van der Waals surface area contributed by atoms with Gasteiger partial charge in [-0.1, -0.05) is 13.0 Å². The standard InChI is InChI=1S/C12H12F3NO3/c1-2-5-16-8-4-3-7(10(17)12(13,14)15)6-9(8)19-11(16)18/h3-4,6,10,17H,2,5H2,1H3. The van der Waals surface area contributed by atoms with Crippen LogP contribution in [-0.4, -0.2) is 15.8 Å². The Kier molecular flexibility index (Phi) is 3.40. The number of aliphatic hydroxyl groups is 1. The summed E-state index contributed by atoms with van der Waals surface area (Å²) in [5.41, 5.74) is 0.113. The predicted octanol–water partition coefficient (Wildman–Crippen LogP) is 2.60. The first-order valence-electron chi connectivity index (χ1n) is 5.72. The fourth-order valence-corrected chi connectivity index (χ4v) is 1.88. The van der Waals surface area contributed by atoms with E-state index in [4.69, 9.17) is 9.52 Å². The summed E-state index contributed by atoms with van der Waals surface area (Å²) < 4.78 is 43.4. The molecule has 1 N–H and O–H groups in total. The molecule has 0 spiro atoms. The van der Waals surface area contributed by atoms with Gasteiger partial charge >= 0.3 is 11.9 Å². The summed E-state index contributed by atoms with van der Waals surface area (Å²) in [7, 11) is 0. The van der Waals surface area contributed by atoms with Gasteiger partial charge in [0.05, 0.1) is 5.52 Å². The van der Waals surface area contributed by atoms with Crippen LogP contribution in [-0.2, 0) is 6.54 Å². The van der Waals surface area contributed by atoms with Crippen LogP contribution in [0.4, 0.5) is 13.2 Å². The Morgan fingerprint density at radius 3 is 2.68 bits per heavy atom. The van der Waals surface area contributed by atoms with Gasteiger partial charge in [0.25, 0.3) is 0 Å². The van der Waals surface area contributed by atoms with E-state index >= 15 is 0 Å². The molecule has 0 fully saturated rings. The molecule has 1 atom stereocenters. The maximum Gasteiger partial charge on any atom is 0.419 e. The van der Waals surface area contributed by atoms with Crippen molar-refractivity contribution in [3.63, 3.8) is 0 Å². The Hall–Kier alpha value is -1.76. The molecule has 0 radical (unpaired) electrons. The lowest BCUT2D eigenvalue weighted by Crippen LogP contribution is -2.20. The minimum Gasteiger partial charge on any atom is -0.408 e. The summed E-state index contributed by atoms with van der Waals surface area (Å²) in [4.78, 5) is 11.5. The van der Waals surface area contributed by atoms with Crippen LogP contribution in [0, 0.1) is 0 Å². The SMILES string of the molecule is CCCn1c(=O)oc2cc(C(O)C(F)(F)F)ccc21. The number of aromatic nitrogens is 1. The first kappa shape index (κ1) is 13.7. The van der Waals surface area contributed by atoms with Crippen molar-refractivity contribution in [1.82, 2.24) is 4.57 Å². The molecule has 1 heterocycles. The summed E-state index contributed by atoms with van der Waals surface area (Å²) in [6.45, 7) is 2.29. The van der Waals surface area contributed by atoms with Crippen LogP contribution in [0.15, 0.2) is 27.4 Å². The van der Waals surface area contributed by atoms with Crippen LogP contribution in [0.2, 0.25) is 0 Å². The first-order chi connectivity index (χ1) is 8.84. The molecule has 2 rings (SSSR count). The lowest BCUT2D eigenvalue weighted by atomic mass is 10.1. The molecule has 0 bridgehead atoms. The van der Waals surface area contributed by atoms with Crippen LogP contribution >= 0.6 is 0 Å². The van der Waals surface area contributed by atoms with Gasteiger partial charge < -0.3 is 9.52 Å². The summed E-state index contributed by atoms with van der Waals surface area (Å²) in [6, 6.07) is 3.53. The van der Waals surface area contributed by atoms with Crippen molar-refractivity contribution in [2.24, 2.45) is 0 Å². The van der Waals surface area contributed by atoms with Crippen LogP contribution in [0.25, 0.3) is 11.1 Å². The van der Waals surface area contributed by atoms with Gasteiger partial charge in [-0.2, -0.15) is 13.2 Å². The fourth-order valence-electron chi connectivity index (χ4n) is 1.88. The normalized spacial score (nSPS) is 13.9. The number of hydrogen-bond donors (Lipinski definition) is 1. The van der Waals surface area contributed by atoms with E-state index in [0.29, 0.717) is 18.5 Å². The third kappa shape index (κ3) is 2.51. The number of rotatable bonds is 3. The zero-order valence-corrected chi connectivity index (χ0v) is 10.1. The van der Waals surface area contributed by atoms with Crippen molar-refractivity contribution in [3.05, 3.63) is 34.3 Å². The average Bonchev–Trinajstić information content (AvgIpc) is 2.63. The highest BCUT2D eigenvalue weighted by atomic mass is 19.4. The van der Waals surface area contributed by atoms with Crippen LogP contribution in [0.5, 0.6) is 0 Å². The molecule has 7 heteroatoms. The molecule has 104 valence electrons. The van der Waals surface area contributed by atoms with E-state index in [2.05, 4.69) is 0 Å². The number of halogens is 3. The van der Waals surface area contributed by atoms with Crippen molar-refractivity contribution in [1.29, 1.82) is 0 Å². The molecule has 0 aliphatic carbocycles. The van der Waals surface area contributed by atoms with Crippen molar-refractivity contribution in [2.45, 2.75) is 32.2 Å². The second-order valence-corrected chi connectivity index (χ2v) is 4.19. The second-order valence-electron chi connectivity index (χ2n) is 4.19. The maximum absolute atomic E-state index is 12.4. The second kappa shape index (κ2) is 4.73. The summed E-state index contributed by atoms with van der Waals surface area (Å²) in [5.74, 6) is -0.615. The van der Waals surface area contributed by atoms with E-state index in [0.717, 1.165) is 12.1 Å². The number of benzene rings is 1. The number of aliphatic hydroxyl groups excluding tert-OH is 1. The lowest BCUT2D eigenvalue weighted by molar-refractivity contribution is -0.206. The van der Waals surface area contributed by atoms with E-state index in [1.165, 1.54) is 10.6 Å². The van der Waals surface area contributed by atoms with Gasteiger partial charge in [0, 0.05) is 6.54 Å². The molecule has 0 amide bonds. The average molecular weight is 275 g/mol. The van der Waals surface area contributed by atoms with Gasteiger partial charge in [0.2, 0.25) is 0 Å². The largest absolute Gasteiger partial charge is 0.419 e. The number of nitrogens with zero attached hydrogens (tertiary/aromatic N) is 1. The van der Waals surface area contributed by atoms with Crippen molar-refractivity contribution >= 4 is 11.1 Å². The van der Waals surface area contributed by atoms with Gasteiger partial charge in [0.15, 0.2) is 11.7 Å². The molecule has 4 nitrogen and oxygen atoms in total. The molecule has 1 unspecified atom stereocenters. The summed E-state index contributed by atoms with van der Waals surface area (Å²) in [6.07, 6.45) is -6.64. The highest BCUT2D eigenvalue weighted by molar-refractivity contribution is 5.73. The monoisotopic (exact) mass is 275 g/mol. The number of fused-ring (bicyclic) bond motifs is 1. The molecule has 1 aromatic heterocycles. The minimum absolute atomic E-state index is 0.0410. The Morgan fingerprint density at radius 2 is 2.11 bits per heavy atom. The highest BCUT2D eigenvalue weighted by Gasteiger charge is 2.39. The number of aryl methyl sites for hydroxylation is 1. The number of alkyl halides is 3. The molecule has 0 saturated carbocycles. The van der Waals surface area contributed by atoms with Gasteiger partial charge in [-0.3, -0.25) is 4.57 Å². The third-order valence-electron chi connectivity index (χ3n) is 2.77. The number of hydrogen-bond acceptors (Lipinski definition) is 3. The van der Waals surface area contributed by atoms with Gasteiger partial charge in [-0.15, -0.1) is 0 Å². The Balaban J connectivity index is 2.51. The molecular formula is C12H12F3NO3. The molecule has 0 aliphatic heterocycles. The van der Waals surface area contributed by atoms with Crippen molar-refractivity contribution in [3.8, 4) is 0 Å². The lowest BCUT2D eigenvalue weighted by Gasteiger charge is -2.14.